The Morgan fingerprint density at radius 3 is 2.50 bits per heavy atom. The Balaban J connectivity index is 2.15. The van der Waals surface area contributed by atoms with Crippen LogP contribution in [0.3, 0.4) is 0 Å². The highest BCUT2D eigenvalue weighted by molar-refractivity contribution is 9.10. The monoisotopic (exact) mass is 361 g/mol. The first-order chi connectivity index (χ1) is 10.5. The number of benzene rings is 2. The van der Waals surface area contributed by atoms with Crippen LogP contribution in [0.4, 0.5) is 5.69 Å². The summed E-state index contributed by atoms with van der Waals surface area (Å²) in [5, 5.41) is 2.77. The summed E-state index contributed by atoms with van der Waals surface area (Å²) in [7, 11) is 0. The molecular weight excluding hydrogens is 346 g/mol. The summed E-state index contributed by atoms with van der Waals surface area (Å²) >= 11 is 3.34. The SMILES string of the molecule is CC(C)OC(=O)c1cccc(NC(=O)c2ccccc2Br)c1. The largest absolute Gasteiger partial charge is 0.459 e. The fourth-order valence-corrected chi connectivity index (χ4v) is 2.31. The summed E-state index contributed by atoms with van der Waals surface area (Å²) in [4.78, 5) is 24.1. The average molecular weight is 362 g/mol. The predicted molar refractivity (Wildman–Crippen MR) is 89.1 cm³/mol. The maximum absolute atomic E-state index is 12.2. The fraction of sp³-hybridized carbons (Fsp3) is 0.176. The zero-order valence-corrected chi connectivity index (χ0v) is 13.9. The highest BCUT2D eigenvalue weighted by Crippen LogP contribution is 2.19. The molecule has 0 aliphatic rings. The highest BCUT2D eigenvalue weighted by atomic mass is 79.9. The van der Waals surface area contributed by atoms with Gasteiger partial charge in [0.15, 0.2) is 0 Å². The summed E-state index contributed by atoms with van der Waals surface area (Å²) in [6.45, 7) is 3.58. The summed E-state index contributed by atoms with van der Waals surface area (Å²) in [5.74, 6) is -0.658. The van der Waals surface area contributed by atoms with Crippen molar-refractivity contribution in [3.63, 3.8) is 0 Å². The molecule has 0 aliphatic carbocycles. The van der Waals surface area contributed by atoms with Gasteiger partial charge >= 0.3 is 5.97 Å². The van der Waals surface area contributed by atoms with Gasteiger partial charge in [-0.25, -0.2) is 4.79 Å². The van der Waals surface area contributed by atoms with E-state index in [-0.39, 0.29) is 12.0 Å². The van der Waals surface area contributed by atoms with Crippen LogP contribution in [-0.2, 0) is 4.74 Å². The number of carbonyl (C=O) groups is 2. The first kappa shape index (κ1) is 16.2. The van der Waals surface area contributed by atoms with Gasteiger partial charge in [0, 0.05) is 10.2 Å². The smallest absolute Gasteiger partial charge is 0.338 e. The molecule has 0 aromatic heterocycles. The number of hydrogen-bond acceptors (Lipinski definition) is 3. The minimum Gasteiger partial charge on any atom is -0.459 e. The van der Waals surface area contributed by atoms with Crippen LogP contribution in [0.15, 0.2) is 53.0 Å². The van der Waals surface area contributed by atoms with Crippen LogP contribution in [-0.4, -0.2) is 18.0 Å². The Kier molecular flexibility index (Phi) is 5.33. The number of carbonyl (C=O) groups excluding carboxylic acids is 2. The number of amides is 1. The Labute approximate surface area is 137 Å². The molecule has 5 heteroatoms. The van der Waals surface area contributed by atoms with Crippen molar-refractivity contribution >= 4 is 33.5 Å². The van der Waals surface area contributed by atoms with E-state index in [1.54, 1.807) is 56.3 Å². The van der Waals surface area contributed by atoms with Crippen molar-refractivity contribution in [2.75, 3.05) is 5.32 Å². The van der Waals surface area contributed by atoms with Crippen LogP contribution in [0, 0.1) is 0 Å². The van der Waals surface area contributed by atoms with Crippen molar-refractivity contribution in [3.05, 3.63) is 64.1 Å². The molecule has 0 atom stereocenters. The molecule has 1 N–H and O–H groups in total. The lowest BCUT2D eigenvalue weighted by atomic mass is 10.1. The molecule has 0 fully saturated rings. The van der Waals surface area contributed by atoms with Crippen molar-refractivity contribution < 1.29 is 14.3 Å². The quantitative estimate of drug-likeness (QED) is 0.827. The number of esters is 1. The summed E-state index contributed by atoms with van der Waals surface area (Å²) in [6, 6.07) is 13.8. The van der Waals surface area contributed by atoms with Gasteiger partial charge in [0.2, 0.25) is 0 Å². The van der Waals surface area contributed by atoms with Crippen molar-refractivity contribution in [2.45, 2.75) is 20.0 Å². The molecule has 0 bridgehead atoms. The van der Waals surface area contributed by atoms with Crippen molar-refractivity contribution in [3.8, 4) is 0 Å². The molecule has 2 aromatic carbocycles. The van der Waals surface area contributed by atoms with Crippen LogP contribution in [0.2, 0.25) is 0 Å². The van der Waals surface area contributed by atoms with Gasteiger partial charge < -0.3 is 10.1 Å². The van der Waals surface area contributed by atoms with Crippen LogP contribution < -0.4 is 5.32 Å². The van der Waals surface area contributed by atoms with E-state index in [0.29, 0.717) is 21.3 Å². The third-order valence-corrected chi connectivity index (χ3v) is 3.51. The summed E-state index contributed by atoms with van der Waals surface area (Å²) in [5.41, 5.74) is 1.47. The second-order valence-corrected chi connectivity index (χ2v) is 5.82. The van der Waals surface area contributed by atoms with Gasteiger partial charge in [-0.3, -0.25) is 4.79 Å². The molecule has 0 spiro atoms. The Morgan fingerprint density at radius 1 is 1.09 bits per heavy atom. The van der Waals surface area contributed by atoms with Gasteiger partial charge in [0.25, 0.3) is 5.91 Å². The Bertz CT molecular complexity index is 698. The summed E-state index contributed by atoms with van der Waals surface area (Å²) in [6.07, 6.45) is -0.189. The molecule has 0 saturated heterocycles. The van der Waals surface area contributed by atoms with Gasteiger partial charge in [-0.15, -0.1) is 0 Å². The zero-order valence-electron chi connectivity index (χ0n) is 12.3. The predicted octanol–water partition coefficient (Wildman–Crippen LogP) is 4.27. The molecule has 114 valence electrons. The maximum Gasteiger partial charge on any atom is 0.338 e. The van der Waals surface area contributed by atoms with Crippen LogP contribution >= 0.6 is 15.9 Å². The summed E-state index contributed by atoms with van der Waals surface area (Å²) < 4.78 is 5.85. The minimum atomic E-state index is -0.410. The second kappa shape index (κ2) is 7.22. The lowest BCUT2D eigenvalue weighted by molar-refractivity contribution is 0.0378. The van der Waals surface area contributed by atoms with Crippen molar-refractivity contribution in [2.24, 2.45) is 0 Å². The van der Waals surface area contributed by atoms with E-state index in [0.717, 1.165) is 0 Å². The molecule has 1 amide bonds. The second-order valence-electron chi connectivity index (χ2n) is 4.97. The van der Waals surface area contributed by atoms with E-state index in [2.05, 4.69) is 21.2 Å². The number of nitrogens with one attached hydrogen (secondary N) is 1. The first-order valence-electron chi connectivity index (χ1n) is 6.84. The van der Waals surface area contributed by atoms with E-state index in [4.69, 9.17) is 4.74 Å². The minimum absolute atomic E-state index is 0.189. The third kappa shape index (κ3) is 4.18. The van der Waals surface area contributed by atoms with E-state index in [9.17, 15) is 9.59 Å². The molecule has 0 saturated carbocycles. The first-order valence-corrected chi connectivity index (χ1v) is 7.63. The fourth-order valence-electron chi connectivity index (χ4n) is 1.85. The van der Waals surface area contributed by atoms with Gasteiger partial charge in [0.05, 0.1) is 17.2 Å². The topological polar surface area (TPSA) is 55.4 Å². The molecule has 0 heterocycles. The van der Waals surface area contributed by atoms with E-state index in [1.807, 2.05) is 6.07 Å². The number of rotatable bonds is 4. The number of halogens is 1. The van der Waals surface area contributed by atoms with Crippen molar-refractivity contribution in [1.82, 2.24) is 0 Å². The average Bonchev–Trinajstić information content (AvgIpc) is 2.47. The standard InChI is InChI=1S/C17H16BrNO3/c1-11(2)22-17(21)12-6-5-7-13(10-12)19-16(20)14-8-3-4-9-15(14)18/h3-11H,1-2H3,(H,19,20). The Hall–Kier alpha value is -2.14. The Morgan fingerprint density at radius 2 is 1.82 bits per heavy atom. The molecule has 22 heavy (non-hydrogen) atoms. The van der Waals surface area contributed by atoms with E-state index in [1.165, 1.54) is 0 Å². The number of ether oxygens (including phenoxy) is 1. The number of hydrogen-bond donors (Lipinski definition) is 1. The zero-order chi connectivity index (χ0) is 16.1. The molecular formula is C17H16BrNO3. The van der Waals surface area contributed by atoms with E-state index >= 15 is 0 Å². The molecule has 2 rings (SSSR count). The van der Waals surface area contributed by atoms with Gasteiger partial charge in [0.1, 0.15) is 0 Å². The van der Waals surface area contributed by atoms with Gasteiger partial charge in [-0.1, -0.05) is 18.2 Å². The molecule has 0 aliphatic heterocycles. The van der Waals surface area contributed by atoms with Crippen LogP contribution in [0.1, 0.15) is 34.6 Å². The lowest BCUT2D eigenvalue weighted by Crippen LogP contribution is -2.14. The lowest BCUT2D eigenvalue weighted by Gasteiger charge is -2.10. The highest BCUT2D eigenvalue weighted by Gasteiger charge is 2.12. The van der Waals surface area contributed by atoms with Crippen molar-refractivity contribution in [1.29, 1.82) is 0 Å². The maximum atomic E-state index is 12.2. The molecule has 0 unspecified atom stereocenters. The normalized spacial score (nSPS) is 10.4. The van der Waals surface area contributed by atoms with Gasteiger partial charge in [-0.2, -0.15) is 0 Å². The molecule has 0 radical (unpaired) electrons. The third-order valence-electron chi connectivity index (χ3n) is 2.82. The van der Waals surface area contributed by atoms with E-state index < -0.39 is 5.97 Å². The van der Waals surface area contributed by atoms with Crippen LogP contribution in [0.5, 0.6) is 0 Å². The molecule has 2 aromatic rings. The number of anilines is 1. The van der Waals surface area contributed by atoms with Crippen LogP contribution in [0.25, 0.3) is 0 Å². The molecule has 4 nitrogen and oxygen atoms in total. The van der Waals surface area contributed by atoms with Gasteiger partial charge in [-0.05, 0) is 60.1 Å².